The van der Waals surface area contributed by atoms with Gasteiger partial charge in [0.2, 0.25) is 0 Å². The van der Waals surface area contributed by atoms with Gasteiger partial charge in [-0.15, -0.1) is 0 Å². The second-order valence-electron chi connectivity index (χ2n) is 5.63. The van der Waals surface area contributed by atoms with Gasteiger partial charge in [0.1, 0.15) is 12.4 Å². The topological polar surface area (TPSA) is 53.4 Å². The van der Waals surface area contributed by atoms with E-state index in [1.54, 1.807) is 17.0 Å². The Bertz CT molecular complexity index is 924. The number of ether oxygens (including phenoxy) is 2. The molecule has 25 heavy (non-hydrogen) atoms. The van der Waals surface area contributed by atoms with Crippen molar-refractivity contribution in [3.8, 4) is 5.75 Å². The molecule has 0 saturated heterocycles. The number of benzene rings is 2. The summed E-state index contributed by atoms with van der Waals surface area (Å²) in [4.78, 5) is 16.6. The smallest absolute Gasteiger partial charge is 0.261 e. The second-order valence-corrected chi connectivity index (χ2v) is 6.55. The lowest BCUT2D eigenvalue weighted by atomic mass is 10.2. The maximum Gasteiger partial charge on any atom is 0.261 e. The lowest BCUT2D eigenvalue weighted by Crippen LogP contribution is -2.23. The fourth-order valence-corrected chi connectivity index (χ4v) is 2.99. The lowest BCUT2D eigenvalue weighted by Gasteiger charge is -2.10. The second kappa shape index (κ2) is 8.27. The van der Waals surface area contributed by atoms with E-state index >= 15 is 0 Å². The molecule has 0 atom stereocenters. The van der Waals surface area contributed by atoms with Crippen molar-refractivity contribution >= 4 is 26.8 Å². The molecule has 0 fully saturated rings. The Hall–Kier alpha value is -2.18. The van der Waals surface area contributed by atoms with Crippen molar-refractivity contribution in [2.24, 2.45) is 0 Å². The minimum absolute atomic E-state index is 0.0454. The number of rotatable bonds is 7. The fourth-order valence-electron chi connectivity index (χ4n) is 2.52. The van der Waals surface area contributed by atoms with E-state index in [9.17, 15) is 4.79 Å². The van der Waals surface area contributed by atoms with Crippen LogP contribution in [0.4, 0.5) is 0 Å². The van der Waals surface area contributed by atoms with Crippen molar-refractivity contribution in [1.82, 2.24) is 9.55 Å². The molecule has 1 aromatic heterocycles. The Labute approximate surface area is 154 Å². The summed E-state index contributed by atoms with van der Waals surface area (Å²) in [7, 11) is 0. The molecule has 3 rings (SSSR count). The largest absolute Gasteiger partial charge is 0.491 e. The van der Waals surface area contributed by atoms with E-state index in [4.69, 9.17) is 9.47 Å². The summed E-state index contributed by atoms with van der Waals surface area (Å²) in [6.45, 7) is 3.83. The molecule has 3 aromatic rings. The summed E-state index contributed by atoms with van der Waals surface area (Å²) in [5.41, 5.74) is 1.74. The maximum absolute atomic E-state index is 12.3. The predicted molar refractivity (Wildman–Crippen MR) is 101 cm³/mol. The van der Waals surface area contributed by atoms with Crippen LogP contribution >= 0.6 is 15.9 Å². The maximum atomic E-state index is 12.3. The average molecular weight is 403 g/mol. The third kappa shape index (κ3) is 4.46. The van der Waals surface area contributed by atoms with Crippen LogP contribution in [0, 0.1) is 6.92 Å². The highest BCUT2D eigenvalue weighted by atomic mass is 79.9. The third-order valence-electron chi connectivity index (χ3n) is 3.83. The Kier molecular flexibility index (Phi) is 5.83. The molecular formula is C19H19BrN2O3. The van der Waals surface area contributed by atoms with Gasteiger partial charge in [-0.1, -0.05) is 28.1 Å². The normalized spacial score (nSPS) is 11.0. The van der Waals surface area contributed by atoms with Crippen LogP contribution in [0.3, 0.4) is 0 Å². The minimum Gasteiger partial charge on any atom is -0.491 e. The molecule has 0 saturated carbocycles. The van der Waals surface area contributed by atoms with E-state index in [-0.39, 0.29) is 5.56 Å². The SMILES string of the molecule is Cc1cc(Br)ccc1OCCOCCn1cnc2ccccc2c1=O. The summed E-state index contributed by atoms with van der Waals surface area (Å²) in [6.07, 6.45) is 1.57. The Morgan fingerprint density at radius 1 is 1.12 bits per heavy atom. The molecule has 0 aliphatic heterocycles. The van der Waals surface area contributed by atoms with Gasteiger partial charge in [0.05, 0.1) is 37.0 Å². The van der Waals surface area contributed by atoms with Crippen LogP contribution in [0.15, 0.2) is 58.1 Å². The number of nitrogens with zero attached hydrogens (tertiary/aromatic N) is 2. The quantitative estimate of drug-likeness (QED) is 0.566. The average Bonchev–Trinajstić information content (AvgIpc) is 2.61. The van der Waals surface area contributed by atoms with Gasteiger partial charge in [-0.05, 0) is 42.8 Å². The van der Waals surface area contributed by atoms with E-state index in [0.717, 1.165) is 15.8 Å². The minimum atomic E-state index is -0.0454. The molecule has 0 amide bonds. The monoisotopic (exact) mass is 402 g/mol. The molecular weight excluding hydrogens is 384 g/mol. The van der Waals surface area contributed by atoms with E-state index < -0.39 is 0 Å². The molecule has 0 bridgehead atoms. The van der Waals surface area contributed by atoms with Crippen molar-refractivity contribution in [3.63, 3.8) is 0 Å². The van der Waals surface area contributed by atoms with Gasteiger partial charge in [0.25, 0.3) is 5.56 Å². The highest BCUT2D eigenvalue weighted by Gasteiger charge is 2.03. The van der Waals surface area contributed by atoms with E-state index in [0.29, 0.717) is 37.3 Å². The van der Waals surface area contributed by atoms with Crippen molar-refractivity contribution in [1.29, 1.82) is 0 Å². The highest BCUT2D eigenvalue weighted by Crippen LogP contribution is 2.21. The van der Waals surface area contributed by atoms with Crippen LogP contribution in [0.2, 0.25) is 0 Å². The van der Waals surface area contributed by atoms with Gasteiger partial charge in [-0.3, -0.25) is 9.36 Å². The molecule has 5 nitrogen and oxygen atoms in total. The first-order chi connectivity index (χ1) is 12.1. The van der Waals surface area contributed by atoms with Crippen molar-refractivity contribution in [3.05, 3.63) is 69.2 Å². The summed E-state index contributed by atoms with van der Waals surface area (Å²) in [5.74, 6) is 0.849. The van der Waals surface area contributed by atoms with Crippen LogP contribution in [-0.2, 0) is 11.3 Å². The first-order valence-electron chi connectivity index (χ1n) is 8.06. The lowest BCUT2D eigenvalue weighted by molar-refractivity contribution is 0.0936. The Morgan fingerprint density at radius 2 is 1.96 bits per heavy atom. The fraction of sp³-hybridized carbons (Fsp3) is 0.263. The highest BCUT2D eigenvalue weighted by molar-refractivity contribution is 9.10. The Balaban J connectivity index is 1.46. The van der Waals surface area contributed by atoms with E-state index in [2.05, 4.69) is 20.9 Å². The van der Waals surface area contributed by atoms with E-state index in [1.807, 2.05) is 43.3 Å². The molecule has 0 spiro atoms. The zero-order chi connectivity index (χ0) is 17.6. The van der Waals surface area contributed by atoms with Crippen molar-refractivity contribution in [2.45, 2.75) is 13.5 Å². The standard InChI is InChI=1S/C19H19BrN2O3/c1-14-12-15(20)6-7-18(14)25-11-10-24-9-8-22-13-21-17-5-3-2-4-16(17)19(22)23/h2-7,12-13H,8-11H2,1H3. The summed E-state index contributed by atoms with van der Waals surface area (Å²) in [6, 6.07) is 13.2. The molecule has 2 aromatic carbocycles. The molecule has 0 aliphatic rings. The zero-order valence-electron chi connectivity index (χ0n) is 13.9. The first-order valence-corrected chi connectivity index (χ1v) is 8.85. The summed E-state index contributed by atoms with van der Waals surface area (Å²) >= 11 is 3.43. The molecule has 6 heteroatoms. The van der Waals surface area contributed by atoms with Gasteiger partial charge in [0, 0.05) is 4.47 Å². The van der Waals surface area contributed by atoms with Crippen molar-refractivity contribution < 1.29 is 9.47 Å². The number of hydrogen-bond donors (Lipinski definition) is 0. The molecule has 0 unspecified atom stereocenters. The third-order valence-corrected chi connectivity index (χ3v) is 4.32. The van der Waals surface area contributed by atoms with Gasteiger partial charge in [-0.25, -0.2) is 4.98 Å². The van der Waals surface area contributed by atoms with Crippen LogP contribution < -0.4 is 10.3 Å². The summed E-state index contributed by atoms with van der Waals surface area (Å²) < 4.78 is 13.9. The number of aryl methyl sites for hydroxylation is 1. The molecule has 130 valence electrons. The number of para-hydroxylation sites is 1. The van der Waals surface area contributed by atoms with Crippen LogP contribution in [-0.4, -0.2) is 29.4 Å². The van der Waals surface area contributed by atoms with Gasteiger partial charge in [0.15, 0.2) is 0 Å². The number of fused-ring (bicyclic) bond motifs is 1. The van der Waals surface area contributed by atoms with Crippen LogP contribution in [0.25, 0.3) is 10.9 Å². The Morgan fingerprint density at radius 3 is 2.80 bits per heavy atom. The first kappa shape index (κ1) is 17.6. The molecule has 0 N–H and O–H groups in total. The number of hydrogen-bond acceptors (Lipinski definition) is 4. The van der Waals surface area contributed by atoms with Gasteiger partial charge in [-0.2, -0.15) is 0 Å². The zero-order valence-corrected chi connectivity index (χ0v) is 15.5. The van der Waals surface area contributed by atoms with Crippen LogP contribution in [0.1, 0.15) is 5.56 Å². The van der Waals surface area contributed by atoms with Gasteiger partial charge >= 0.3 is 0 Å². The summed E-state index contributed by atoms with van der Waals surface area (Å²) in [5, 5.41) is 0.624. The van der Waals surface area contributed by atoms with Crippen molar-refractivity contribution in [2.75, 3.05) is 19.8 Å². The van der Waals surface area contributed by atoms with Crippen LogP contribution in [0.5, 0.6) is 5.75 Å². The number of halogens is 1. The molecule has 0 radical (unpaired) electrons. The number of aromatic nitrogens is 2. The molecule has 1 heterocycles. The predicted octanol–water partition coefficient (Wildman–Crippen LogP) is 3.56. The van der Waals surface area contributed by atoms with Gasteiger partial charge < -0.3 is 9.47 Å². The van der Waals surface area contributed by atoms with E-state index in [1.165, 1.54) is 0 Å². The molecule has 0 aliphatic carbocycles.